The van der Waals surface area contributed by atoms with Crippen molar-refractivity contribution >= 4 is 33.9 Å². The Morgan fingerprint density at radius 2 is 2.00 bits per heavy atom. The van der Waals surface area contributed by atoms with Crippen molar-refractivity contribution in [3.63, 3.8) is 0 Å². The average Bonchev–Trinajstić information content (AvgIpc) is 3.10. The van der Waals surface area contributed by atoms with E-state index in [0.717, 1.165) is 27.2 Å². The highest BCUT2D eigenvalue weighted by molar-refractivity contribution is 7.13. The van der Waals surface area contributed by atoms with E-state index in [1.807, 2.05) is 42.6 Å². The van der Waals surface area contributed by atoms with Crippen LogP contribution >= 0.6 is 22.9 Å². The minimum absolute atomic E-state index is 0.282. The van der Waals surface area contributed by atoms with E-state index < -0.39 is 5.63 Å². The zero-order chi connectivity index (χ0) is 18.1. The summed E-state index contributed by atoms with van der Waals surface area (Å²) in [4.78, 5) is 16.2. The predicted molar refractivity (Wildman–Crippen MR) is 104 cm³/mol. The first-order valence-electron chi connectivity index (χ1n) is 7.97. The second-order valence-corrected chi connectivity index (χ2v) is 7.09. The molecule has 0 unspecified atom stereocenters. The van der Waals surface area contributed by atoms with Crippen LogP contribution in [0, 0.1) is 6.92 Å². The molecule has 0 N–H and O–H groups in total. The van der Waals surface area contributed by atoms with Crippen molar-refractivity contribution in [3.8, 4) is 16.3 Å². The van der Waals surface area contributed by atoms with Crippen molar-refractivity contribution in [3.05, 3.63) is 80.6 Å². The van der Waals surface area contributed by atoms with Gasteiger partial charge < -0.3 is 9.15 Å². The number of thiazole rings is 1. The second kappa shape index (κ2) is 6.94. The maximum Gasteiger partial charge on any atom is 0.336 e. The molecule has 0 spiro atoms. The monoisotopic (exact) mass is 383 g/mol. The van der Waals surface area contributed by atoms with Gasteiger partial charge >= 0.3 is 5.63 Å². The van der Waals surface area contributed by atoms with E-state index >= 15 is 0 Å². The molecule has 0 radical (unpaired) electrons. The van der Waals surface area contributed by atoms with Crippen LogP contribution in [0.4, 0.5) is 0 Å². The quantitative estimate of drug-likeness (QED) is 0.439. The van der Waals surface area contributed by atoms with Gasteiger partial charge in [0.15, 0.2) is 0 Å². The number of ether oxygens (including phenoxy) is 1. The minimum Gasteiger partial charge on any atom is -0.486 e. The van der Waals surface area contributed by atoms with Gasteiger partial charge in [0, 0.05) is 28.5 Å². The number of benzene rings is 2. The fraction of sp³-hybridized carbons (Fsp3) is 0.100. The van der Waals surface area contributed by atoms with Gasteiger partial charge in [-0.2, -0.15) is 0 Å². The summed E-state index contributed by atoms with van der Waals surface area (Å²) in [5.41, 5.74) is 2.77. The summed E-state index contributed by atoms with van der Waals surface area (Å²) in [6, 6.07) is 14.8. The Bertz CT molecular complexity index is 1130. The van der Waals surface area contributed by atoms with Crippen molar-refractivity contribution in [2.24, 2.45) is 0 Å². The van der Waals surface area contributed by atoms with Crippen molar-refractivity contribution < 1.29 is 9.15 Å². The first-order valence-corrected chi connectivity index (χ1v) is 9.22. The van der Waals surface area contributed by atoms with Gasteiger partial charge in [-0.05, 0) is 18.6 Å². The zero-order valence-electron chi connectivity index (χ0n) is 13.9. The number of fused-ring (bicyclic) bond motifs is 1. The summed E-state index contributed by atoms with van der Waals surface area (Å²) in [7, 11) is 0. The van der Waals surface area contributed by atoms with E-state index in [1.165, 1.54) is 6.07 Å². The molecule has 0 saturated carbocycles. The predicted octanol–water partition coefficient (Wildman–Crippen LogP) is 5.46. The fourth-order valence-corrected chi connectivity index (χ4v) is 3.70. The first-order chi connectivity index (χ1) is 12.6. The third-order valence-electron chi connectivity index (χ3n) is 3.95. The zero-order valence-corrected chi connectivity index (χ0v) is 15.4. The molecule has 4 nitrogen and oxygen atoms in total. The van der Waals surface area contributed by atoms with Crippen LogP contribution in [0.3, 0.4) is 0 Å². The molecular weight excluding hydrogens is 370 g/mol. The third kappa shape index (κ3) is 3.36. The first kappa shape index (κ1) is 16.8. The lowest BCUT2D eigenvalue weighted by molar-refractivity contribution is 0.302. The number of aryl methyl sites for hydroxylation is 1. The summed E-state index contributed by atoms with van der Waals surface area (Å²) in [6.45, 7) is 2.13. The Balaban J connectivity index is 1.57. The van der Waals surface area contributed by atoms with Crippen molar-refractivity contribution in [1.29, 1.82) is 0 Å². The smallest absolute Gasteiger partial charge is 0.336 e. The van der Waals surface area contributed by atoms with Crippen LogP contribution in [0.2, 0.25) is 5.02 Å². The molecule has 4 rings (SSSR count). The topological polar surface area (TPSA) is 52.3 Å². The van der Waals surface area contributed by atoms with Crippen LogP contribution in [-0.2, 0) is 6.61 Å². The van der Waals surface area contributed by atoms with Crippen LogP contribution < -0.4 is 10.4 Å². The third-order valence-corrected chi connectivity index (χ3v) is 5.19. The molecular formula is C20H14ClNO3S. The molecule has 2 heterocycles. The maximum atomic E-state index is 11.6. The van der Waals surface area contributed by atoms with Gasteiger partial charge in [-0.25, -0.2) is 9.78 Å². The molecule has 0 amide bonds. The lowest BCUT2D eigenvalue weighted by Crippen LogP contribution is -2.00. The van der Waals surface area contributed by atoms with E-state index in [1.54, 1.807) is 23.5 Å². The molecule has 130 valence electrons. The van der Waals surface area contributed by atoms with E-state index in [2.05, 4.69) is 4.98 Å². The van der Waals surface area contributed by atoms with Crippen molar-refractivity contribution in [1.82, 2.24) is 4.98 Å². The minimum atomic E-state index is -0.393. The summed E-state index contributed by atoms with van der Waals surface area (Å²) >= 11 is 7.88. The Morgan fingerprint density at radius 1 is 1.19 bits per heavy atom. The molecule has 0 atom stereocenters. The maximum absolute atomic E-state index is 11.6. The Morgan fingerprint density at radius 3 is 2.81 bits per heavy atom. The number of aromatic nitrogens is 1. The highest BCUT2D eigenvalue weighted by atomic mass is 35.5. The Labute approximate surface area is 158 Å². The Kier molecular flexibility index (Phi) is 4.49. The lowest BCUT2D eigenvalue weighted by atomic mass is 10.1. The van der Waals surface area contributed by atoms with Crippen LogP contribution in [-0.4, -0.2) is 4.98 Å². The summed E-state index contributed by atoms with van der Waals surface area (Å²) in [5, 5.41) is 4.16. The molecule has 26 heavy (non-hydrogen) atoms. The van der Waals surface area contributed by atoms with Gasteiger partial charge in [0.2, 0.25) is 0 Å². The van der Waals surface area contributed by atoms with Crippen molar-refractivity contribution in [2.45, 2.75) is 13.5 Å². The fourth-order valence-electron chi connectivity index (χ4n) is 2.67. The molecule has 0 aliphatic heterocycles. The van der Waals surface area contributed by atoms with E-state index in [4.69, 9.17) is 20.8 Å². The summed E-state index contributed by atoms with van der Waals surface area (Å²) < 4.78 is 11.1. The molecule has 2 aromatic heterocycles. The molecule has 2 aromatic carbocycles. The van der Waals surface area contributed by atoms with E-state index in [0.29, 0.717) is 16.4 Å². The van der Waals surface area contributed by atoms with Gasteiger partial charge in [-0.3, -0.25) is 0 Å². The second-order valence-electron chi connectivity index (χ2n) is 5.83. The van der Waals surface area contributed by atoms with Crippen LogP contribution in [0.25, 0.3) is 21.5 Å². The number of halogens is 1. The average molecular weight is 384 g/mol. The molecule has 0 bridgehead atoms. The lowest BCUT2D eigenvalue weighted by Gasteiger charge is -2.08. The largest absolute Gasteiger partial charge is 0.486 e. The van der Waals surface area contributed by atoms with E-state index in [9.17, 15) is 4.79 Å². The molecule has 0 saturated heterocycles. The number of nitrogens with zero attached hydrogens (tertiary/aromatic N) is 1. The van der Waals surface area contributed by atoms with Gasteiger partial charge in [0.25, 0.3) is 0 Å². The highest BCUT2D eigenvalue weighted by Gasteiger charge is 2.11. The number of rotatable bonds is 4. The molecule has 4 aromatic rings. The van der Waals surface area contributed by atoms with Gasteiger partial charge in [-0.15, -0.1) is 11.3 Å². The van der Waals surface area contributed by atoms with Crippen LogP contribution in [0.5, 0.6) is 5.75 Å². The molecule has 0 aliphatic carbocycles. The molecule has 6 heteroatoms. The standard InChI is InChI=1S/C20H14ClNO3S/c1-12-7-19(23)25-17-9-18(16(21)8-15(12)17)24-10-14-11-26-20(22-14)13-5-3-2-4-6-13/h2-9,11H,10H2,1H3. The summed E-state index contributed by atoms with van der Waals surface area (Å²) in [5.74, 6) is 0.460. The number of hydrogen-bond donors (Lipinski definition) is 0. The van der Waals surface area contributed by atoms with Gasteiger partial charge in [0.05, 0.1) is 10.7 Å². The van der Waals surface area contributed by atoms with Crippen LogP contribution in [0.1, 0.15) is 11.3 Å². The normalized spacial score (nSPS) is 11.0. The Hall–Kier alpha value is -2.63. The highest BCUT2D eigenvalue weighted by Crippen LogP contribution is 2.32. The van der Waals surface area contributed by atoms with Crippen molar-refractivity contribution in [2.75, 3.05) is 0 Å². The number of hydrogen-bond acceptors (Lipinski definition) is 5. The SMILES string of the molecule is Cc1cc(=O)oc2cc(OCc3csc(-c4ccccc4)n3)c(Cl)cc12. The van der Waals surface area contributed by atoms with Gasteiger partial charge in [0.1, 0.15) is 22.9 Å². The molecule has 0 aliphatic rings. The van der Waals surface area contributed by atoms with Gasteiger partial charge in [-0.1, -0.05) is 41.9 Å². The van der Waals surface area contributed by atoms with Crippen LogP contribution in [0.15, 0.2) is 63.1 Å². The summed E-state index contributed by atoms with van der Waals surface area (Å²) in [6.07, 6.45) is 0. The molecule has 0 fully saturated rings. The van der Waals surface area contributed by atoms with E-state index in [-0.39, 0.29) is 6.61 Å².